The van der Waals surface area contributed by atoms with E-state index in [0.29, 0.717) is 6.42 Å². The van der Waals surface area contributed by atoms with Crippen molar-refractivity contribution in [2.45, 2.75) is 38.6 Å². The number of carbonyl (C=O) groups excluding carboxylic acids is 2. The number of carbonyl (C=O) groups is 2. The largest absolute Gasteiger partial charge is 0.465 e. The van der Waals surface area contributed by atoms with Gasteiger partial charge in [0, 0.05) is 6.04 Å². The van der Waals surface area contributed by atoms with Crippen LogP contribution in [0.5, 0.6) is 0 Å². The third-order valence-corrected chi connectivity index (χ3v) is 3.97. The zero-order chi connectivity index (χ0) is 15.9. The van der Waals surface area contributed by atoms with E-state index in [0.717, 1.165) is 30.4 Å². The molecule has 0 radical (unpaired) electrons. The number of ether oxygens (including phenoxy) is 1. The predicted octanol–water partition coefficient (Wildman–Crippen LogP) is 2.63. The molecular formula is C18H23NO3. The van der Waals surface area contributed by atoms with E-state index in [-0.39, 0.29) is 18.6 Å². The average Bonchev–Trinajstić information content (AvgIpc) is 2.91. The Hall–Kier alpha value is -2.10. The van der Waals surface area contributed by atoms with Gasteiger partial charge in [-0.3, -0.25) is 9.59 Å². The van der Waals surface area contributed by atoms with Gasteiger partial charge in [0.1, 0.15) is 5.92 Å². The van der Waals surface area contributed by atoms with Gasteiger partial charge < -0.3 is 10.1 Å². The van der Waals surface area contributed by atoms with E-state index in [2.05, 4.69) is 11.9 Å². The Balaban J connectivity index is 2.07. The molecular weight excluding hydrogens is 278 g/mol. The van der Waals surface area contributed by atoms with E-state index in [1.807, 2.05) is 30.3 Å². The molecule has 1 amide bonds. The molecule has 1 aromatic carbocycles. The van der Waals surface area contributed by atoms with Crippen molar-refractivity contribution >= 4 is 11.9 Å². The van der Waals surface area contributed by atoms with Crippen molar-refractivity contribution in [2.75, 3.05) is 6.61 Å². The number of esters is 1. The fourth-order valence-corrected chi connectivity index (χ4v) is 2.73. The van der Waals surface area contributed by atoms with Gasteiger partial charge in [0.05, 0.1) is 6.61 Å². The third kappa shape index (κ3) is 4.20. The second-order valence-electron chi connectivity index (χ2n) is 5.61. The molecule has 2 atom stereocenters. The maximum absolute atomic E-state index is 12.5. The Morgan fingerprint density at radius 3 is 2.68 bits per heavy atom. The summed E-state index contributed by atoms with van der Waals surface area (Å²) in [5, 5.41) is 2.95. The molecule has 1 aromatic rings. The topological polar surface area (TPSA) is 55.4 Å². The van der Waals surface area contributed by atoms with Crippen LogP contribution in [0.3, 0.4) is 0 Å². The first-order valence-corrected chi connectivity index (χ1v) is 7.80. The quantitative estimate of drug-likeness (QED) is 0.499. The van der Waals surface area contributed by atoms with Crippen LogP contribution in [-0.4, -0.2) is 24.5 Å². The van der Waals surface area contributed by atoms with Crippen LogP contribution in [0.4, 0.5) is 0 Å². The number of amides is 1. The summed E-state index contributed by atoms with van der Waals surface area (Å²) in [6, 6.07) is 9.51. The number of benzene rings is 1. The van der Waals surface area contributed by atoms with Crippen molar-refractivity contribution in [2.24, 2.45) is 5.92 Å². The van der Waals surface area contributed by atoms with Crippen molar-refractivity contribution in [1.82, 2.24) is 5.32 Å². The first kappa shape index (κ1) is 16.3. The van der Waals surface area contributed by atoms with E-state index < -0.39 is 11.9 Å². The fraction of sp³-hybridized carbons (Fsp3) is 0.444. The third-order valence-electron chi connectivity index (χ3n) is 3.97. The van der Waals surface area contributed by atoms with E-state index >= 15 is 0 Å². The summed E-state index contributed by atoms with van der Waals surface area (Å²) in [5.74, 6) is -1.54. The molecule has 2 rings (SSSR count). The highest BCUT2D eigenvalue weighted by molar-refractivity contribution is 5.98. The SMILES string of the molecule is C=C1CCCC1NC(=O)C(Cc1ccccc1)C(=O)OCC. The minimum absolute atomic E-state index is 0.0137. The molecule has 1 N–H and O–H groups in total. The fourth-order valence-electron chi connectivity index (χ4n) is 2.73. The lowest BCUT2D eigenvalue weighted by Gasteiger charge is -2.19. The Labute approximate surface area is 131 Å². The molecule has 1 fully saturated rings. The second kappa shape index (κ2) is 7.78. The summed E-state index contributed by atoms with van der Waals surface area (Å²) in [6.45, 7) is 6.00. The molecule has 0 saturated heterocycles. The summed E-state index contributed by atoms with van der Waals surface area (Å²) >= 11 is 0. The zero-order valence-electron chi connectivity index (χ0n) is 13.0. The summed E-state index contributed by atoms with van der Waals surface area (Å²) in [5.41, 5.74) is 1.98. The smallest absolute Gasteiger partial charge is 0.318 e. The standard InChI is InChI=1S/C18H23NO3/c1-3-22-18(21)15(12-14-9-5-4-6-10-14)17(20)19-16-11-7-8-13(16)2/h4-6,9-10,15-16H,2-3,7-8,11-12H2,1H3,(H,19,20). The first-order chi connectivity index (χ1) is 10.6. The zero-order valence-corrected chi connectivity index (χ0v) is 13.0. The van der Waals surface area contributed by atoms with Crippen LogP contribution >= 0.6 is 0 Å². The van der Waals surface area contributed by atoms with E-state index in [9.17, 15) is 9.59 Å². The molecule has 2 unspecified atom stereocenters. The maximum atomic E-state index is 12.5. The molecule has 1 aliphatic rings. The summed E-state index contributed by atoms with van der Waals surface area (Å²) in [4.78, 5) is 24.7. The molecule has 4 heteroatoms. The average molecular weight is 301 g/mol. The van der Waals surface area contributed by atoms with Gasteiger partial charge in [-0.05, 0) is 38.2 Å². The van der Waals surface area contributed by atoms with Crippen molar-refractivity contribution < 1.29 is 14.3 Å². The van der Waals surface area contributed by atoms with E-state index in [1.165, 1.54) is 0 Å². The van der Waals surface area contributed by atoms with Gasteiger partial charge in [0.15, 0.2) is 0 Å². The van der Waals surface area contributed by atoms with E-state index in [1.54, 1.807) is 6.92 Å². The van der Waals surface area contributed by atoms with Crippen molar-refractivity contribution in [3.8, 4) is 0 Å². The predicted molar refractivity (Wildman–Crippen MR) is 85.2 cm³/mol. The molecule has 1 aliphatic carbocycles. The molecule has 0 aliphatic heterocycles. The maximum Gasteiger partial charge on any atom is 0.318 e. The van der Waals surface area contributed by atoms with Crippen molar-refractivity contribution in [3.63, 3.8) is 0 Å². The monoisotopic (exact) mass is 301 g/mol. The van der Waals surface area contributed by atoms with Gasteiger partial charge in [-0.2, -0.15) is 0 Å². The van der Waals surface area contributed by atoms with Crippen LogP contribution in [0.25, 0.3) is 0 Å². The second-order valence-corrected chi connectivity index (χ2v) is 5.61. The Morgan fingerprint density at radius 2 is 2.09 bits per heavy atom. The highest BCUT2D eigenvalue weighted by atomic mass is 16.5. The number of hydrogen-bond acceptors (Lipinski definition) is 3. The molecule has 0 bridgehead atoms. The van der Waals surface area contributed by atoms with Gasteiger partial charge >= 0.3 is 5.97 Å². The van der Waals surface area contributed by atoms with Crippen molar-refractivity contribution in [3.05, 3.63) is 48.0 Å². The molecule has 0 aromatic heterocycles. The lowest BCUT2D eigenvalue weighted by atomic mass is 9.98. The normalized spacial score (nSPS) is 18.8. The molecule has 1 saturated carbocycles. The number of nitrogens with one attached hydrogen (secondary N) is 1. The minimum Gasteiger partial charge on any atom is -0.465 e. The Morgan fingerprint density at radius 1 is 1.36 bits per heavy atom. The first-order valence-electron chi connectivity index (χ1n) is 7.80. The lowest BCUT2D eigenvalue weighted by molar-refractivity contribution is -0.152. The minimum atomic E-state index is -0.809. The van der Waals surface area contributed by atoms with Gasteiger partial charge in [0.25, 0.3) is 0 Å². The van der Waals surface area contributed by atoms with Crippen molar-refractivity contribution in [1.29, 1.82) is 0 Å². The van der Waals surface area contributed by atoms with Gasteiger partial charge in [0.2, 0.25) is 5.91 Å². The van der Waals surface area contributed by atoms with Gasteiger partial charge in [-0.1, -0.05) is 42.5 Å². The number of rotatable bonds is 6. The summed E-state index contributed by atoms with van der Waals surface area (Å²) in [7, 11) is 0. The Kier molecular flexibility index (Phi) is 5.75. The highest BCUT2D eigenvalue weighted by Crippen LogP contribution is 2.23. The number of hydrogen-bond donors (Lipinski definition) is 1. The van der Waals surface area contributed by atoms with Gasteiger partial charge in [-0.25, -0.2) is 0 Å². The Bertz CT molecular complexity index is 539. The summed E-state index contributed by atoms with van der Waals surface area (Å²) < 4.78 is 5.07. The van der Waals surface area contributed by atoms with E-state index in [4.69, 9.17) is 4.74 Å². The molecule has 0 heterocycles. The van der Waals surface area contributed by atoms with Crippen LogP contribution in [0.1, 0.15) is 31.7 Å². The molecule has 0 spiro atoms. The van der Waals surface area contributed by atoms with Gasteiger partial charge in [-0.15, -0.1) is 0 Å². The van der Waals surface area contributed by atoms with Crippen LogP contribution in [0, 0.1) is 5.92 Å². The van der Waals surface area contributed by atoms with Crippen LogP contribution < -0.4 is 5.32 Å². The summed E-state index contributed by atoms with van der Waals surface area (Å²) in [6.07, 6.45) is 3.22. The van der Waals surface area contributed by atoms with Crippen LogP contribution in [0.15, 0.2) is 42.5 Å². The van der Waals surface area contributed by atoms with Crippen LogP contribution in [0.2, 0.25) is 0 Å². The molecule has 4 nitrogen and oxygen atoms in total. The molecule has 118 valence electrons. The highest BCUT2D eigenvalue weighted by Gasteiger charge is 2.31. The lowest BCUT2D eigenvalue weighted by Crippen LogP contribution is -2.42. The molecule has 22 heavy (non-hydrogen) atoms. The van der Waals surface area contributed by atoms with Crippen LogP contribution in [-0.2, 0) is 20.7 Å².